The Hall–Kier alpha value is -3.15. The van der Waals surface area contributed by atoms with E-state index in [-0.39, 0.29) is 12.0 Å². The Balaban J connectivity index is 1.35. The minimum atomic E-state index is -0.0637. The van der Waals surface area contributed by atoms with E-state index in [9.17, 15) is 0 Å². The molecule has 1 aliphatic heterocycles. The van der Waals surface area contributed by atoms with Gasteiger partial charge in [0.1, 0.15) is 18.0 Å². The van der Waals surface area contributed by atoms with Crippen LogP contribution in [0.3, 0.4) is 0 Å². The van der Waals surface area contributed by atoms with Crippen molar-refractivity contribution in [3.05, 3.63) is 102 Å². The maximum absolute atomic E-state index is 8.91. The first-order valence-corrected chi connectivity index (χ1v) is 11.3. The minimum Gasteiger partial charge on any atom is -0.491 e. The van der Waals surface area contributed by atoms with Gasteiger partial charge in [-0.1, -0.05) is 48.5 Å². The quantitative estimate of drug-likeness (QED) is 0.478. The molecule has 0 unspecified atom stereocenters. The first kappa shape index (κ1) is 20.7. The molecular formula is C27H29N3O2. The third-order valence-electron chi connectivity index (χ3n) is 6.58. The summed E-state index contributed by atoms with van der Waals surface area (Å²) in [5, 5.41) is 8.91. The first-order valence-electron chi connectivity index (χ1n) is 11.3. The largest absolute Gasteiger partial charge is 0.491 e. The number of imidazole rings is 1. The van der Waals surface area contributed by atoms with E-state index in [1.54, 1.807) is 0 Å². The highest BCUT2D eigenvalue weighted by molar-refractivity contribution is 5.45. The fraction of sp³-hybridized carbons (Fsp3) is 0.296. The average molecular weight is 428 g/mol. The maximum atomic E-state index is 8.91. The predicted molar refractivity (Wildman–Crippen MR) is 126 cm³/mol. The van der Waals surface area contributed by atoms with Crippen LogP contribution in [0.15, 0.2) is 85.2 Å². The number of piperidine rings is 1. The Morgan fingerprint density at radius 1 is 0.906 bits per heavy atom. The van der Waals surface area contributed by atoms with Crippen molar-refractivity contribution in [1.29, 1.82) is 0 Å². The number of aliphatic hydroxyl groups excluding tert-OH is 1. The number of hydrogen-bond donors (Lipinski definition) is 1. The molecule has 2 aromatic carbocycles. The lowest BCUT2D eigenvalue weighted by Crippen LogP contribution is -2.43. The maximum Gasteiger partial charge on any atom is 0.137 e. The fourth-order valence-corrected chi connectivity index (χ4v) is 4.82. The van der Waals surface area contributed by atoms with Crippen LogP contribution in [-0.2, 0) is 12.0 Å². The third kappa shape index (κ3) is 4.14. The van der Waals surface area contributed by atoms with E-state index >= 15 is 0 Å². The second-order valence-corrected chi connectivity index (χ2v) is 8.53. The standard InChI is InChI=1S/C27H29N3O2/c31-18-19-32-24-11-9-22(10-12-24)20-29-16-13-27(14-17-29,23-6-2-1-3-7-23)25-21-30-15-5-4-8-26(30)28-25/h1-12,15,21,31H,13-14,16-20H2. The highest BCUT2D eigenvalue weighted by Crippen LogP contribution is 2.41. The van der Waals surface area contributed by atoms with Crippen LogP contribution in [0.2, 0.25) is 0 Å². The number of nitrogens with zero attached hydrogens (tertiary/aromatic N) is 3. The molecule has 0 bridgehead atoms. The number of aliphatic hydroxyl groups is 1. The van der Waals surface area contributed by atoms with Gasteiger partial charge in [0.15, 0.2) is 0 Å². The van der Waals surface area contributed by atoms with E-state index in [0.717, 1.165) is 43.9 Å². The second-order valence-electron chi connectivity index (χ2n) is 8.53. The molecule has 0 radical (unpaired) electrons. The predicted octanol–water partition coefficient (Wildman–Crippen LogP) is 4.29. The first-order chi connectivity index (χ1) is 15.8. The molecule has 2 aromatic heterocycles. The van der Waals surface area contributed by atoms with Crippen LogP contribution in [0.1, 0.15) is 29.7 Å². The summed E-state index contributed by atoms with van der Waals surface area (Å²) in [5.41, 5.74) is 4.74. The Kier molecular flexibility index (Phi) is 5.93. The Labute approximate surface area is 188 Å². The van der Waals surface area contributed by atoms with E-state index in [0.29, 0.717) is 6.61 Å². The summed E-state index contributed by atoms with van der Waals surface area (Å²) in [5.74, 6) is 0.802. The van der Waals surface area contributed by atoms with Crippen LogP contribution < -0.4 is 4.74 Å². The Morgan fingerprint density at radius 3 is 2.38 bits per heavy atom. The van der Waals surface area contributed by atoms with E-state index in [2.05, 4.69) is 76.3 Å². The van der Waals surface area contributed by atoms with Crippen molar-refractivity contribution in [3.8, 4) is 5.75 Å². The van der Waals surface area contributed by atoms with Crippen LogP contribution in [0.4, 0.5) is 0 Å². The molecule has 5 nitrogen and oxygen atoms in total. The molecule has 0 amide bonds. The number of benzene rings is 2. The molecule has 3 heterocycles. The van der Waals surface area contributed by atoms with Crippen molar-refractivity contribution in [2.75, 3.05) is 26.3 Å². The van der Waals surface area contributed by atoms with Crippen molar-refractivity contribution in [3.63, 3.8) is 0 Å². The molecule has 4 aromatic rings. The Bertz CT molecular complexity index is 1110. The zero-order valence-electron chi connectivity index (χ0n) is 18.2. The SMILES string of the molecule is OCCOc1ccc(CN2CCC(c3ccccc3)(c3cn4ccccc4n3)CC2)cc1. The molecule has 32 heavy (non-hydrogen) atoms. The van der Waals surface area contributed by atoms with Crippen LogP contribution in [-0.4, -0.2) is 45.7 Å². The van der Waals surface area contributed by atoms with Crippen molar-refractivity contribution in [1.82, 2.24) is 14.3 Å². The van der Waals surface area contributed by atoms with Crippen molar-refractivity contribution < 1.29 is 9.84 Å². The van der Waals surface area contributed by atoms with Crippen LogP contribution >= 0.6 is 0 Å². The minimum absolute atomic E-state index is 0.0327. The molecule has 0 aliphatic carbocycles. The summed E-state index contributed by atoms with van der Waals surface area (Å²) in [7, 11) is 0. The van der Waals surface area contributed by atoms with Crippen molar-refractivity contribution >= 4 is 5.65 Å². The molecule has 1 N–H and O–H groups in total. The lowest BCUT2D eigenvalue weighted by molar-refractivity contribution is 0.170. The molecule has 5 heteroatoms. The summed E-state index contributed by atoms with van der Waals surface area (Å²) >= 11 is 0. The molecule has 1 fully saturated rings. The van der Waals surface area contributed by atoms with Crippen LogP contribution in [0.5, 0.6) is 5.75 Å². The molecule has 1 saturated heterocycles. The smallest absolute Gasteiger partial charge is 0.137 e. The van der Waals surface area contributed by atoms with Gasteiger partial charge in [-0.2, -0.15) is 0 Å². The topological polar surface area (TPSA) is 50.0 Å². The van der Waals surface area contributed by atoms with Gasteiger partial charge in [0.2, 0.25) is 0 Å². The van der Waals surface area contributed by atoms with Gasteiger partial charge in [0.25, 0.3) is 0 Å². The average Bonchev–Trinajstić information content (AvgIpc) is 3.30. The zero-order valence-corrected chi connectivity index (χ0v) is 18.2. The van der Waals surface area contributed by atoms with Crippen molar-refractivity contribution in [2.45, 2.75) is 24.8 Å². The third-order valence-corrected chi connectivity index (χ3v) is 6.58. The van der Waals surface area contributed by atoms with Gasteiger partial charge in [0, 0.05) is 24.4 Å². The molecule has 5 rings (SSSR count). The number of aromatic nitrogens is 2. The van der Waals surface area contributed by atoms with E-state index in [1.165, 1.54) is 16.8 Å². The Morgan fingerprint density at radius 2 is 1.66 bits per heavy atom. The molecular weight excluding hydrogens is 398 g/mol. The van der Waals surface area contributed by atoms with Gasteiger partial charge in [0.05, 0.1) is 12.3 Å². The monoisotopic (exact) mass is 427 g/mol. The van der Waals surface area contributed by atoms with E-state index < -0.39 is 0 Å². The van der Waals surface area contributed by atoms with Gasteiger partial charge in [-0.25, -0.2) is 4.98 Å². The molecule has 0 saturated carbocycles. The van der Waals surface area contributed by atoms with Gasteiger partial charge >= 0.3 is 0 Å². The highest BCUT2D eigenvalue weighted by atomic mass is 16.5. The van der Waals surface area contributed by atoms with Crippen LogP contribution in [0.25, 0.3) is 5.65 Å². The van der Waals surface area contributed by atoms with Crippen LogP contribution in [0, 0.1) is 0 Å². The molecule has 0 atom stereocenters. The number of likely N-dealkylation sites (tertiary alicyclic amines) is 1. The second kappa shape index (κ2) is 9.15. The summed E-state index contributed by atoms with van der Waals surface area (Å²) in [6.07, 6.45) is 6.37. The molecule has 164 valence electrons. The van der Waals surface area contributed by atoms with E-state index in [4.69, 9.17) is 14.8 Å². The number of ether oxygens (including phenoxy) is 1. The number of pyridine rings is 1. The molecule has 1 aliphatic rings. The summed E-state index contributed by atoms with van der Waals surface area (Å²) in [6, 6.07) is 25.3. The zero-order chi connectivity index (χ0) is 21.8. The fourth-order valence-electron chi connectivity index (χ4n) is 4.82. The highest BCUT2D eigenvalue weighted by Gasteiger charge is 2.39. The lowest BCUT2D eigenvalue weighted by Gasteiger charge is -2.41. The van der Waals surface area contributed by atoms with Gasteiger partial charge in [-0.15, -0.1) is 0 Å². The van der Waals surface area contributed by atoms with E-state index in [1.807, 2.05) is 18.2 Å². The summed E-state index contributed by atoms with van der Waals surface area (Å²) in [6.45, 7) is 3.33. The molecule has 0 spiro atoms. The normalized spacial score (nSPS) is 16.3. The lowest BCUT2D eigenvalue weighted by atomic mass is 9.70. The number of fused-ring (bicyclic) bond motifs is 1. The van der Waals surface area contributed by atoms with Gasteiger partial charge < -0.3 is 14.2 Å². The van der Waals surface area contributed by atoms with Gasteiger partial charge in [-0.3, -0.25) is 4.90 Å². The van der Waals surface area contributed by atoms with Crippen molar-refractivity contribution in [2.24, 2.45) is 0 Å². The number of hydrogen-bond acceptors (Lipinski definition) is 4. The summed E-state index contributed by atoms with van der Waals surface area (Å²) < 4.78 is 7.61. The summed E-state index contributed by atoms with van der Waals surface area (Å²) in [4.78, 5) is 7.57. The number of rotatable bonds is 7. The van der Waals surface area contributed by atoms with Gasteiger partial charge in [-0.05, 0) is 61.3 Å².